The minimum absolute atomic E-state index is 0.0379. The lowest BCUT2D eigenvalue weighted by molar-refractivity contribution is 0.453. The highest BCUT2D eigenvalue weighted by Crippen LogP contribution is 2.43. The van der Waals surface area contributed by atoms with Crippen molar-refractivity contribution in [2.24, 2.45) is 0 Å². The van der Waals surface area contributed by atoms with Gasteiger partial charge in [0.2, 0.25) is 9.79 Å². The van der Waals surface area contributed by atoms with Crippen molar-refractivity contribution in [2.75, 3.05) is 0 Å². The van der Waals surface area contributed by atoms with Gasteiger partial charge in [0.25, 0.3) is 0 Å². The van der Waals surface area contributed by atoms with Gasteiger partial charge in [-0.05, 0) is 43.2 Å². The molecule has 0 N–H and O–H groups in total. The lowest BCUT2D eigenvalue weighted by atomic mass is 10.3. The second-order valence-corrected chi connectivity index (χ2v) is 6.40. The number of rotatable bonds is 4. The Balaban J connectivity index is 1.99. The van der Waals surface area contributed by atoms with Crippen LogP contribution in [0.1, 0.15) is 12.8 Å². The van der Waals surface area contributed by atoms with Crippen LogP contribution < -0.4 is 4.74 Å². The van der Waals surface area contributed by atoms with Crippen LogP contribution in [0, 0.1) is 0 Å². The third-order valence-electron chi connectivity index (χ3n) is 3.16. The van der Waals surface area contributed by atoms with E-state index in [-0.39, 0.29) is 10.9 Å². The highest BCUT2D eigenvalue weighted by molar-refractivity contribution is 8.00. The van der Waals surface area contributed by atoms with Gasteiger partial charge in [-0.15, -0.1) is 6.58 Å². The molecule has 100 valence electrons. The topological polar surface area (TPSA) is 9.23 Å². The number of hydrogen-bond donors (Lipinski definition) is 0. The molecular formula is C18H17OS+. The zero-order chi connectivity index (χ0) is 13.8. The molecule has 0 atom stereocenters. The Morgan fingerprint density at radius 1 is 0.900 bits per heavy atom. The van der Waals surface area contributed by atoms with E-state index < -0.39 is 0 Å². The van der Waals surface area contributed by atoms with Crippen LogP contribution in [0.5, 0.6) is 11.5 Å². The molecular weight excluding hydrogens is 264 g/mol. The maximum atomic E-state index is 5.99. The predicted molar refractivity (Wildman–Crippen MR) is 85.4 cm³/mol. The van der Waals surface area contributed by atoms with Gasteiger partial charge in [0.05, 0.1) is 10.9 Å². The molecule has 0 aliphatic carbocycles. The van der Waals surface area contributed by atoms with E-state index in [1.54, 1.807) is 0 Å². The second kappa shape index (κ2) is 6.02. The van der Waals surface area contributed by atoms with E-state index in [9.17, 15) is 0 Å². The minimum atomic E-state index is -0.0379. The first kappa shape index (κ1) is 13.1. The SMILES string of the molecule is C=CCC/C=C/[S+]1c2ccccc2Oc2ccccc21. The molecule has 1 heterocycles. The van der Waals surface area contributed by atoms with Gasteiger partial charge in [0, 0.05) is 0 Å². The fraction of sp³-hybridized carbons (Fsp3) is 0.111. The fourth-order valence-corrected chi connectivity index (χ4v) is 4.16. The maximum absolute atomic E-state index is 5.99. The molecule has 20 heavy (non-hydrogen) atoms. The summed E-state index contributed by atoms with van der Waals surface area (Å²) >= 11 is 0. The number of hydrogen-bond acceptors (Lipinski definition) is 1. The van der Waals surface area contributed by atoms with Gasteiger partial charge in [0.15, 0.2) is 11.5 Å². The maximum Gasteiger partial charge on any atom is 0.208 e. The molecule has 0 fully saturated rings. The summed E-state index contributed by atoms with van der Waals surface area (Å²) in [6, 6.07) is 16.6. The Labute approximate surface area is 122 Å². The van der Waals surface area contributed by atoms with Gasteiger partial charge in [-0.25, -0.2) is 0 Å². The van der Waals surface area contributed by atoms with E-state index in [2.05, 4.69) is 42.3 Å². The summed E-state index contributed by atoms with van der Waals surface area (Å²) in [7, 11) is -0.0379. The molecule has 2 aromatic carbocycles. The van der Waals surface area contributed by atoms with Gasteiger partial charge in [-0.1, -0.05) is 30.3 Å². The van der Waals surface area contributed by atoms with Crippen LogP contribution in [0.15, 0.2) is 82.5 Å². The van der Waals surface area contributed by atoms with Crippen molar-refractivity contribution < 1.29 is 4.74 Å². The van der Waals surface area contributed by atoms with Crippen molar-refractivity contribution in [1.82, 2.24) is 0 Å². The summed E-state index contributed by atoms with van der Waals surface area (Å²) in [5.41, 5.74) is 0. The lowest BCUT2D eigenvalue weighted by Crippen LogP contribution is -2.09. The Morgan fingerprint density at radius 2 is 1.50 bits per heavy atom. The molecule has 0 bridgehead atoms. The molecule has 2 heteroatoms. The summed E-state index contributed by atoms with van der Waals surface area (Å²) in [5, 5.41) is 2.31. The summed E-state index contributed by atoms with van der Waals surface area (Å²) < 4.78 is 5.99. The molecule has 0 aromatic heterocycles. The molecule has 1 nitrogen and oxygen atoms in total. The molecule has 0 saturated carbocycles. The fourth-order valence-electron chi connectivity index (χ4n) is 2.19. The average Bonchev–Trinajstić information content (AvgIpc) is 2.50. The number of para-hydroxylation sites is 2. The molecule has 1 aliphatic heterocycles. The zero-order valence-electron chi connectivity index (χ0n) is 11.3. The average molecular weight is 281 g/mol. The van der Waals surface area contributed by atoms with Crippen LogP contribution in [0.25, 0.3) is 0 Å². The Bertz CT molecular complexity index is 600. The van der Waals surface area contributed by atoms with E-state index in [1.807, 2.05) is 30.3 Å². The number of allylic oxidation sites excluding steroid dienone is 2. The van der Waals surface area contributed by atoms with E-state index in [1.165, 1.54) is 9.79 Å². The van der Waals surface area contributed by atoms with Crippen molar-refractivity contribution in [3.05, 3.63) is 72.7 Å². The monoisotopic (exact) mass is 281 g/mol. The van der Waals surface area contributed by atoms with Crippen LogP contribution >= 0.6 is 0 Å². The molecule has 2 aromatic rings. The highest BCUT2D eigenvalue weighted by atomic mass is 32.2. The van der Waals surface area contributed by atoms with Gasteiger partial charge in [-0.3, -0.25) is 0 Å². The molecule has 0 amide bonds. The lowest BCUT2D eigenvalue weighted by Gasteiger charge is -2.17. The van der Waals surface area contributed by atoms with Crippen molar-refractivity contribution in [3.8, 4) is 11.5 Å². The van der Waals surface area contributed by atoms with Crippen LogP contribution in [-0.2, 0) is 10.9 Å². The van der Waals surface area contributed by atoms with Crippen LogP contribution in [0.3, 0.4) is 0 Å². The molecule has 0 unspecified atom stereocenters. The van der Waals surface area contributed by atoms with Crippen molar-refractivity contribution in [3.63, 3.8) is 0 Å². The Kier molecular flexibility index (Phi) is 3.93. The molecule has 0 radical (unpaired) electrons. The Morgan fingerprint density at radius 3 is 2.10 bits per heavy atom. The first-order valence-corrected chi connectivity index (χ1v) is 8.05. The molecule has 0 saturated heterocycles. The number of fused-ring (bicyclic) bond motifs is 2. The number of unbranched alkanes of at least 4 members (excludes halogenated alkanes) is 1. The van der Waals surface area contributed by atoms with Crippen LogP contribution in [-0.4, -0.2) is 0 Å². The summed E-state index contributed by atoms with van der Waals surface area (Å²) in [5.74, 6) is 1.95. The molecule has 1 aliphatic rings. The smallest absolute Gasteiger partial charge is 0.208 e. The van der Waals surface area contributed by atoms with Crippen molar-refractivity contribution in [1.29, 1.82) is 0 Å². The van der Waals surface area contributed by atoms with Gasteiger partial charge >= 0.3 is 0 Å². The van der Waals surface area contributed by atoms with Gasteiger partial charge in [-0.2, -0.15) is 0 Å². The second-order valence-electron chi connectivity index (χ2n) is 4.57. The van der Waals surface area contributed by atoms with Crippen molar-refractivity contribution >= 4 is 10.9 Å². The first-order valence-electron chi connectivity index (χ1n) is 6.76. The van der Waals surface area contributed by atoms with E-state index in [0.29, 0.717) is 0 Å². The van der Waals surface area contributed by atoms with E-state index in [4.69, 9.17) is 4.74 Å². The third kappa shape index (κ3) is 2.52. The normalized spacial score (nSPS) is 13.6. The van der Waals surface area contributed by atoms with Gasteiger partial charge < -0.3 is 4.74 Å². The molecule has 3 rings (SSSR count). The standard InChI is InChI=1S/C18H17OS/c1-2-3-4-9-14-20-17-12-7-5-10-15(17)19-16-11-6-8-13-18(16)20/h2,5-14H,1,3-4H2/q+1/b14-9+. The minimum Gasteiger partial charge on any atom is -0.447 e. The summed E-state index contributed by atoms with van der Waals surface area (Å²) in [4.78, 5) is 2.53. The largest absolute Gasteiger partial charge is 0.447 e. The van der Waals surface area contributed by atoms with Crippen LogP contribution in [0.4, 0.5) is 0 Å². The van der Waals surface area contributed by atoms with Crippen LogP contribution in [0.2, 0.25) is 0 Å². The quantitative estimate of drug-likeness (QED) is 0.419. The number of ether oxygens (including phenoxy) is 1. The third-order valence-corrected chi connectivity index (χ3v) is 5.25. The van der Waals surface area contributed by atoms with Gasteiger partial charge in [0.1, 0.15) is 5.41 Å². The molecule has 0 spiro atoms. The first-order chi connectivity index (χ1) is 9.90. The van der Waals surface area contributed by atoms with Crippen molar-refractivity contribution in [2.45, 2.75) is 22.6 Å². The van der Waals surface area contributed by atoms with E-state index in [0.717, 1.165) is 24.3 Å². The van der Waals surface area contributed by atoms with E-state index >= 15 is 0 Å². The Hall–Kier alpha value is -1.93. The number of benzene rings is 2. The predicted octanol–water partition coefficient (Wildman–Crippen LogP) is 5.31. The zero-order valence-corrected chi connectivity index (χ0v) is 12.1. The summed E-state index contributed by atoms with van der Waals surface area (Å²) in [6.07, 6.45) is 6.27. The summed E-state index contributed by atoms with van der Waals surface area (Å²) in [6.45, 7) is 3.77. The highest BCUT2D eigenvalue weighted by Gasteiger charge is 2.34.